The summed E-state index contributed by atoms with van der Waals surface area (Å²) in [6, 6.07) is 2.36. The SMILES string of the molecule is NC1CCN(c2ccnc3sncc23)C1. The van der Waals surface area contributed by atoms with Crippen molar-refractivity contribution in [3.05, 3.63) is 18.5 Å². The van der Waals surface area contributed by atoms with Gasteiger partial charge in [-0.1, -0.05) is 0 Å². The highest BCUT2D eigenvalue weighted by atomic mass is 32.1. The van der Waals surface area contributed by atoms with E-state index >= 15 is 0 Å². The van der Waals surface area contributed by atoms with E-state index in [1.54, 1.807) is 0 Å². The number of hydrogen-bond donors (Lipinski definition) is 1. The van der Waals surface area contributed by atoms with Gasteiger partial charge in [-0.05, 0) is 24.0 Å². The molecule has 2 N–H and O–H groups in total. The predicted molar refractivity (Wildman–Crippen MR) is 62.2 cm³/mol. The van der Waals surface area contributed by atoms with Crippen LogP contribution in [-0.2, 0) is 0 Å². The molecular formula is C10H12N4S. The fourth-order valence-electron chi connectivity index (χ4n) is 2.05. The van der Waals surface area contributed by atoms with Gasteiger partial charge >= 0.3 is 0 Å². The number of hydrogen-bond acceptors (Lipinski definition) is 5. The molecule has 15 heavy (non-hydrogen) atoms. The Balaban J connectivity index is 2.06. The Morgan fingerprint density at radius 3 is 3.27 bits per heavy atom. The van der Waals surface area contributed by atoms with Gasteiger partial charge in [0.2, 0.25) is 0 Å². The van der Waals surface area contributed by atoms with Crippen LogP contribution in [0.25, 0.3) is 10.2 Å². The maximum atomic E-state index is 5.91. The van der Waals surface area contributed by atoms with Crippen molar-refractivity contribution < 1.29 is 0 Å². The van der Waals surface area contributed by atoms with Gasteiger partial charge in [-0.3, -0.25) is 0 Å². The minimum Gasteiger partial charge on any atom is -0.369 e. The Morgan fingerprint density at radius 1 is 1.53 bits per heavy atom. The van der Waals surface area contributed by atoms with E-state index < -0.39 is 0 Å². The Labute approximate surface area is 91.9 Å². The first kappa shape index (κ1) is 9.06. The molecule has 3 rings (SSSR count). The molecule has 2 aromatic rings. The maximum Gasteiger partial charge on any atom is 0.145 e. The number of aromatic nitrogens is 2. The first-order valence-corrected chi connectivity index (χ1v) is 5.82. The van der Waals surface area contributed by atoms with Gasteiger partial charge in [-0.2, -0.15) is 4.37 Å². The summed E-state index contributed by atoms with van der Waals surface area (Å²) in [7, 11) is 0. The topological polar surface area (TPSA) is 55.0 Å². The number of nitrogens with zero attached hydrogens (tertiary/aromatic N) is 3. The quantitative estimate of drug-likeness (QED) is 0.785. The van der Waals surface area contributed by atoms with Crippen LogP contribution in [0.1, 0.15) is 6.42 Å². The summed E-state index contributed by atoms with van der Waals surface area (Å²) in [5.74, 6) is 0. The molecule has 1 fully saturated rings. The van der Waals surface area contributed by atoms with Gasteiger partial charge in [-0.15, -0.1) is 0 Å². The van der Waals surface area contributed by atoms with E-state index in [0.29, 0.717) is 6.04 Å². The minimum absolute atomic E-state index is 0.305. The van der Waals surface area contributed by atoms with Crippen molar-refractivity contribution in [1.29, 1.82) is 0 Å². The van der Waals surface area contributed by atoms with Gasteiger partial charge in [-0.25, -0.2) is 4.98 Å². The Morgan fingerprint density at radius 2 is 2.47 bits per heavy atom. The Bertz CT molecular complexity index is 481. The highest BCUT2D eigenvalue weighted by molar-refractivity contribution is 7.12. The summed E-state index contributed by atoms with van der Waals surface area (Å²) >= 11 is 1.44. The standard InChI is InChI=1S/C10H12N4S/c11-7-2-4-14(6-7)9-1-3-12-10-8(9)5-13-15-10/h1,3,5,7H,2,4,6,11H2. The van der Waals surface area contributed by atoms with E-state index in [0.717, 1.165) is 29.7 Å². The number of anilines is 1. The third-order valence-electron chi connectivity index (χ3n) is 2.82. The van der Waals surface area contributed by atoms with Crippen LogP contribution in [0.5, 0.6) is 0 Å². The molecule has 0 spiro atoms. The summed E-state index contributed by atoms with van der Waals surface area (Å²) in [4.78, 5) is 7.62. The van der Waals surface area contributed by atoms with Crippen molar-refractivity contribution in [2.45, 2.75) is 12.5 Å². The molecule has 5 heteroatoms. The fourth-order valence-corrected chi connectivity index (χ4v) is 2.67. The Kier molecular flexibility index (Phi) is 2.07. The first-order chi connectivity index (χ1) is 7.34. The highest BCUT2D eigenvalue weighted by Gasteiger charge is 2.21. The van der Waals surface area contributed by atoms with Gasteiger partial charge in [0, 0.05) is 25.3 Å². The lowest BCUT2D eigenvalue weighted by Gasteiger charge is -2.18. The van der Waals surface area contributed by atoms with Crippen LogP contribution in [0.2, 0.25) is 0 Å². The third-order valence-corrected chi connectivity index (χ3v) is 3.53. The molecule has 0 amide bonds. The molecule has 1 aliphatic heterocycles. The van der Waals surface area contributed by atoms with E-state index in [1.807, 2.05) is 12.4 Å². The monoisotopic (exact) mass is 220 g/mol. The van der Waals surface area contributed by atoms with Gasteiger partial charge in [0.05, 0.1) is 17.3 Å². The normalized spacial score (nSPS) is 21.4. The molecule has 78 valence electrons. The van der Waals surface area contributed by atoms with Crippen LogP contribution in [0.3, 0.4) is 0 Å². The van der Waals surface area contributed by atoms with Crippen LogP contribution in [0.15, 0.2) is 18.5 Å². The van der Waals surface area contributed by atoms with Crippen LogP contribution in [-0.4, -0.2) is 28.5 Å². The highest BCUT2D eigenvalue weighted by Crippen LogP contribution is 2.29. The molecule has 3 heterocycles. The summed E-state index contributed by atoms with van der Waals surface area (Å²) < 4.78 is 4.17. The van der Waals surface area contributed by atoms with Crippen molar-refractivity contribution in [2.24, 2.45) is 5.73 Å². The van der Waals surface area contributed by atoms with E-state index in [1.165, 1.54) is 17.2 Å². The molecule has 0 aliphatic carbocycles. The van der Waals surface area contributed by atoms with Crippen LogP contribution in [0.4, 0.5) is 5.69 Å². The van der Waals surface area contributed by atoms with Crippen molar-refractivity contribution in [1.82, 2.24) is 9.36 Å². The number of pyridine rings is 1. The predicted octanol–water partition coefficient (Wildman–Crippen LogP) is 1.23. The summed E-state index contributed by atoms with van der Waals surface area (Å²) in [5, 5.41) is 1.15. The number of nitrogens with two attached hydrogens (primary N) is 1. The average Bonchev–Trinajstić information content (AvgIpc) is 2.84. The number of fused-ring (bicyclic) bond motifs is 1. The molecular weight excluding hydrogens is 208 g/mol. The molecule has 0 bridgehead atoms. The second kappa shape index (κ2) is 3.43. The molecule has 1 saturated heterocycles. The van der Waals surface area contributed by atoms with Crippen molar-refractivity contribution in [2.75, 3.05) is 18.0 Å². The zero-order valence-corrected chi connectivity index (χ0v) is 9.07. The maximum absolute atomic E-state index is 5.91. The van der Waals surface area contributed by atoms with Gasteiger partial charge in [0.1, 0.15) is 4.83 Å². The summed E-state index contributed by atoms with van der Waals surface area (Å²) in [5.41, 5.74) is 7.14. The van der Waals surface area contributed by atoms with E-state index in [4.69, 9.17) is 5.73 Å². The molecule has 2 aromatic heterocycles. The van der Waals surface area contributed by atoms with E-state index in [2.05, 4.69) is 20.3 Å². The molecule has 4 nitrogen and oxygen atoms in total. The minimum atomic E-state index is 0.305. The second-order valence-corrected chi connectivity index (χ2v) is 4.65. The lowest BCUT2D eigenvalue weighted by molar-refractivity contribution is 0.752. The summed E-state index contributed by atoms with van der Waals surface area (Å²) in [6.07, 6.45) is 4.81. The second-order valence-electron chi connectivity index (χ2n) is 3.87. The zero-order chi connectivity index (χ0) is 10.3. The Hall–Kier alpha value is -1.20. The third kappa shape index (κ3) is 1.48. The zero-order valence-electron chi connectivity index (χ0n) is 8.26. The van der Waals surface area contributed by atoms with Gasteiger partial charge in [0.25, 0.3) is 0 Å². The summed E-state index contributed by atoms with van der Waals surface area (Å²) in [6.45, 7) is 1.98. The molecule has 1 unspecified atom stereocenters. The van der Waals surface area contributed by atoms with Crippen molar-refractivity contribution in [3.8, 4) is 0 Å². The molecule has 1 atom stereocenters. The molecule has 0 saturated carbocycles. The lowest BCUT2D eigenvalue weighted by atomic mass is 10.3. The molecule has 0 aromatic carbocycles. The van der Waals surface area contributed by atoms with Crippen LogP contribution in [0, 0.1) is 0 Å². The van der Waals surface area contributed by atoms with Gasteiger partial charge in [0.15, 0.2) is 0 Å². The number of rotatable bonds is 1. The van der Waals surface area contributed by atoms with E-state index in [-0.39, 0.29) is 0 Å². The van der Waals surface area contributed by atoms with Crippen molar-refractivity contribution in [3.63, 3.8) is 0 Å². The first-order valence-electron chi connectivity index (χ1n) is 5.04. The van der Waals surface area contributed by atoms with E-state index in [9.17, 15) is 0 Å². The molecule has 1 aliphatic rings. The fraction of sp³-hybridized carbons (Fsp3) is 0.400. The van der Waals surface area contributed by atoms with Crippen LogP contribution < -0.4 is 10.6 Å². The lowest BCUT2D eigenvalue weighted by Crippen LogP contribution is -2.26. The van der Waals surface area contributed by atoms with Crippen LogP contribution >= 0.6 is 11.5 Å². The molecule has 0 radical (unpaired) electrons. The smallest absolute Gasteiger partial charge is 0.145 e. The van der Waals surface area contributed by atoms with Crippen molar-refractivity contribution >= 4 is 27.4 Å². The average molecular weight is 220 g/mol. The van der Waals surface area contributed by atoms with Gasteiger partial charge < -0.3 is 10.6 Å². The largest absolute Gasteiger partial charge is 0.369 e.